The molecule has 2 unspecified atom stereocenters. The van der Waals surface area contributed by atoms with Crippen molar-refractivity contribution in [3.05, 3.63) is 28.8 Å². The molecule has 2 amide bonds. The Morgan fingerprint density at radius 1 is 1.29 bits per heavy atom. The number of likely N-dealkylation sites (tertiary alicyclic amines) is 1. The van der Waals surface area contributed by atoms with Crippen molar-refractivity contribution in [1.29, 1.82) is 0 Å². The minimum absolute atomic E-state index is 0.199. The maximum absolute atomic E-state index is 12.3. The van der Waals surface area contributed by atoms with Gasteiger partial charge in [-0.2, -0.15) is 0 Å². The second-order valence-electron chi connectivity index (χ2n) is 7.86. The Morgan fingerprint density at radius 2 is 2.00 bits per heavy atom. The second kappa shape index (κ2) is 9.43. The largest absolute Gasteiger partial charge is 0.352 e. The number of nitrogens with one attached hydrogen (secondary N) is 1. The van der Waals surface area contributed by atoms with Crippen molar-refractivity contribution >= 4 is 44.1 Å². The molecular weight excluding hydrogens is 389 g/mol. The molecule has 7 heteroatoms. The summed E-state index contributed by atoms with van der Waals surface area (Å²) in [7, 11) is 2.90. The Labute approximate surface area is 175 Å². The zero-order valence-electron chi connectivity index (χ0n) is 16.7. The molecule has 3 rings (SSSR count). The summed E-state index contributed by atoms with van der Waals surface area (Å²) in [5.41, 5.74) is 5.36. The topological polar surface area (TPSA) is 52.6 Å². The predicted molar refractivity (Wildman–Crippen MR) is 120 cm³/mol. The quantitative estimate of drug-likeness (QED) is 0.436. The van der Waals surface area contributed by atoms with E-state index in [0.29, 0.717) is 25.3 Å². The molecule has 1 aromatic rings. The summed E-state index contributed by atoms with van der Waals surface area (Å²) in [6, 6.07) is 4.16. The Balaban J connectivity index is 1.78. The SMILES string of the molecule is CCN1CCC(c2cc(CN(C=S)C3CCC(=O)NC3=O)c(C)cc2P)CC1. The highest BCUT2D eigenvalue weighted by Crippen LogP contribution is 2.30. The third-order valence-electron chi connectivity index (χ3n) is 6.11. The molecule has 0 spiro atoms. The number of imide groups is 1. The van der Waals surface area contributed by atoms with Crippen molar-refractivity contribution in [2.24, 2.45) is 0 Å². The average Bonchev–Trinajstić information content (AvgIpc) is 2.68. The van der Waals surface area contributed by atoms with E-state index in [0.717, 1.165) is 19.6 Å². The molecule has 2 aliphatic rings. The number of rotatable bonds is 6. The van der Waals surface area contributed by atoms with Gasteiger partial charge in [-0.15, -0.1) is 9.24 Å². The molecule has 2 saturated heterocycles. The zero-order chi connectivity index (χ0) is 20.3. The lowest BCUT2D eigenvalue weighted by molar-refractivity contribution is -0.136. The molecule has 2 aliphatic heterocycles. The summed E-state index contributed by atoms with van der Waals surface area (Å²) >= 11 is 5.22. The predicted octanol–water partition coefficient (Wildman–Crippen LogP) is 2.26. The molecule has 152 valence electrons. The molecule has 0 saturated carbocycles. The van der Waals surface area contributed by atoms with Crippen LogP contribution >= 0.6 is 21.5 Å². The average molecular weight is 420 g/mol. The molecule has 2 fully saturated rings. The maximum atomic E-state index is 12.3. The summed E-state index contributed by atoms with van der Waals surface area (Å²) in [5, 5.41) is 3.70. The van der Waals surface area contributed by atoms with Gasteiger partial charge in [-0.05, 0) is 73.7 Å². The summed E-state index contributed by atoms with van der Waals surface area (Å²) in [6.07, 6.45) is 3.24. The number of carbonyl (C=O) groups is 2. The van der Waals surface area contributed by atoms with Crippen molar-refractivity contribution in [3.63, 3.8) is 0 Å². The first kappa shape index (κ1) is 21.4. The molecule has 0 radical (unpaired) electrons. The van der Waals surface area contributed by atoms with Gasteiger partial charge in [0.1, 0.15) is 6.04 Å². The first-order valence-corrected chi connectivity index (χ1v) is 11.1. The first-order valence-electron chi connectivity index (χ1n) is 10.1. The highest BCUT2D eigenvalue weighted by molar-refractivity contribution is 7.78. The Hall–Kier alpha value is -1.36. The lowest BCUT2D eigenvalue weighted by Crippen LogP contribution is -2.51. The first-order chi connectivity index (χ1) is 13.4. The fourth-order valence-electron chi connectivity index (χ4n) is 4.29. The Kier molecular flexibility index (Phi) is 7.19. The minimum Gasteiger partial charge on any atom is -0.352 e. The highest BCUT2D eigenvalue weighted by atomic mass is 32.1. The van der Waals surface area contributed by atoms with E-state index in [-0.39, 0.29) is 17.9 Å². The van der Waals surface area contributed by atoms with Crippen molar-refractivity contribution < 1.29 is 9.59 Å². The third kappa shape index (κ3) is 4.79. The minimum atomic E-state index is -0.374. The van der Waals surface area contributed by atoms with Gasteiger partial charge in [-0.25, -0.2) is 0 Å². The maximum Gasteiger partial charge on any atom is 0.249 e. The molecule has 5 nitrogen and oxygen atoms in total. The van der Waals surface area contributed by atoms with Gasteiger partial charge in [0.2, 0.25) is 11.8 Å². The number of piperidine rings is 2. The van der Waals surface area contributed by atoms with Crippen LogP contribution in [0.2, 0.25) is 0 Å². The molecule has 0 bridgehead atoms. The van der Waals surface area contributed by atoms with Gasteiger partial charge in [0, 0.05) is 13.0 Å². The van der Waals surface area contributed by atoms with E-state index >= 15 is 0 Å². The van der Waals surface area contributed by atoms with Gasteiger partial charge >= 0.3 is 0 Å². The number of hydrogen-bond acceptors (Lipinski definition) is 4. The highest BCUT2D eigenvalue weighted by Gasteiger charge is 2.31. The van der Waals surface area contributed by atoms with Crippen molar-refractivity contribution in [2.45, 2.75) is 58.0 Å². The van der Waals surface area contributed by atoms with Gasteiger partial charge in [0.25, 0.3) is 0 Å². The molecule has 28 heavy (non-hydrogen) atoms. The molecule has 2 atom stereocenters. The smallest absolute Gasteiger partial charge is 0.249 e. The van der Waals surface area contributed by atoms with Gasteiger partial charge in [-0.3, -0.25) is 14.9 Å². The van der Waals surface area contributed by atoms with Crippen LogP contribution in [0.3, 0.4) is 0 Å². The lowest BCUT2D eigenvalue weighted by Gasteiger charge is -2.33. The summed E-state index contributed by atoms with van der Waals surface area (Å²) < 4.78 is 0. The number of amides is 2. The van der Waals surface area contributed by atoms with E-state index in [1.165, 1.54) is 34.8 Å². The Morgan fingerprint density at radius 3 is 2.61 bits per heavy atom. The molecule has 2 heterocycles. The standard InChI is InChI=1S/C21H30N3O2PS/c1-3-23-8-6-15(7-9-23)17-11-16(14(2)10-19(17)27)12-24(13-28)18-4-5-20(25)22-21(18)26/h10-11,13,15,18H,3-9,12,27H2,1-2H3,(H,22,25,26). The number of benzene rings is 1. The van der Waals surface area contributed by atoms with Crippen molar-refractivity contribution in [2.75, 3.05) is 19.6 Å². The van der Waals surface area contributed by atoms with E-state index in [1.807, 2.05) is 4.90 Å². The number of aryl methyl sites for hydroxylation is 1. The van der Waals surface area contributed by atoms with E-state index in [4.69, 9.17) is 12.2 Å². The fourth-order valence-corrected chi connectivity index (χ4v) is 5.08. The van der Waals surface area contributed by atoms with Gasteiger partial charge in [0.15, 0.2) is 0 Å². The number of nitrogens with zero attached hydrogens (tertiary/aromatic N) is 2. The number of hydrogen-bond donors (Lipinski definition) is 1. The van der Waals surface area contributed by atoms with E-state index < -0.39 is 0 Å². The number of thiocarbonyl (C=S) groups is 1. The van der Waals surface area contributed by atoms with Gasteiger partial charge in [0.05, 0.1) is 5.49 Å². The summed E-state index contributed by atoms with van der Waals surface area (Å²) in [4.78, 5) is 28.1. The van der Waals surface area contributed by atoms with E-state index in [2.05, 4.69) is 45.4 Å². The van der Waals surface area contributed by atoms with Crippen molar-refractivity contribution in [3.8, 4) is 0 Å². The molecule has 0 aromatic heterocycles. The Bertz CT molecular complexity index is 762. The van der Waals surface area contributed by atoms with Crippen molar-refractivity contribution in [1.82, 2.24) is 15.1 Å². The van der Waals surface area contributed by atoms with Crippen LogP contribution < -0.4 is 10.6 Å². The monoisotopic (exact) mass is 419 g/mol. The molecule has 1 N–H and O–H groups in total. The van der Waals surface area contributed by atoms with Gasteiger partial charge in [-0.1, -0.05) is 31.3 Å². The normalized spacial score (nSPS) is 21.5. The fraction of sp³-hybridized carbons (Fsp3) is 0.571. The van der Waals surface area contributed by atoms with Crippen LogP contribution in [0.15, 0.2) is 12.1 Å². The molecule has 1 aromatic carbocycles. The van der Waals surface area contributed by atoms with Crippen LogP contribution in [0.25, 0.3) is 0 Å². The summed E-state index contributed by atoms with van der Waals surface area (Å²) in [5.74, 6) is 0.130. The van der Waals surface area contributed by atoms with Crippen LogP contribution in [0.1, 0.15) is 55.2 Å². The van der Waals surface area contributed by atoms with E-state index in [1.54, 1.807) is 5.49 Å². The zero-order valence-corrected chi connectivity index (χ0v) is 18.7. The lowest BCUT2D eigenvalue weighted by atomic mass is 9.87. The van der Waals surface area contributed by atoms with Crippen LogP contribution in [0, 0.1) is 6.92 Å². The number of carbonyl (C=O) groups excluding carboxylic acids is 2. The van der Waals surface area contributed by atoms with E-state index in [9.17, 15) is 9.59 Å². The van der Waals surface area contributed by atoms with Gasteiger partial charge < -0.3 is 9.80 Å². The van der Waals surface area contributed by atoms with Crippen LogP contribution in [0.4, 0.5) is 0 Å². The third-order valence-corrected chi connectivity index (χ3v) is 6.89. The van der Waals surface area contributed by atoms with Crippen LogP contribution in [-0.2, 0) is 16.1 Å². The second-order valence-corrected chi connectivity index (χ2v) is 8.69. The van der Waals surface area contributed by atoms with Crippen LogP contribution in [-0.4, -0.2) is 52.8 Å². The molecule has 0 aliphatic carbocycles. The summed E-state index contributed by atoms with van der Waals surface area (Å²) in [6.45, 7) is 8.34. The molecular formula is C21H30N3O2PS. The van der Waals surface area contributed by atoms with Crippen LogP contribution in [0.5, 0.6) is 0 Å².